The first kappa shape index (κ1) is 12.7. The Kier molecular flexibility index (Phi) is 3.14. The summed E-state index contributed by atoms with van der Waals surface area (Å²) in [5.74, 6) is 0.0741. The summed E-state index contributed by atoms with van der Waals surface area (Å²) in [5, 5.41) is 7.75. The highest BCUT2D eigenvalue weighted by atomic mass is 16.2. The summed E-state index contributed by atoms with van der Waals surface area (Å²) in [6.45, 7) is 1.38. The molecule has 1 saturated heterocycles. The Labute approximate surface area is 117 Å². The van der Waals surface area contributed by atoms with E-state index in [2.05, 4.69) is 10.3 Å². The molecule has 20 heavy (non-hydrogen) atoms. The molecule has 0 atom stereocenters. The number of nitrogens with zero attached hydrogens (tertiary/aromatic N) is 5. The van der Waals surface area contributed by atoms with Crippen molar-refractivity contribution in [2.24, 2.45) is 0 Å². The van der Waals surface area contributed by atoms with Crippen LogP contribution >= 0.6 is 0 Å². The van der Waals surface area contributed by atoms with Gasteiger partial charge < -0.3 is 9.80 Å². The van der Waals surface area contributed by atoms with Crippen molar-refractivity contribution in [1.29, 1.82) is 0 Å². The molecule has 0 radical (unpaired) electrons. The van der Waals surface area contributed by atoms with Gasteiger partial charge in [0, 0.05) is 44.6 Å². The van der Waals surface area contributed by atoms with Crippen LogP contribution in [0.3, 0.4) is 0 Å². The molecular formula is C14H17N5O. The van der Waals surface area contributed by atoms with Gasteiger partial charge in [0.2, 0.25) is 0 Å². The lowest BCUT2D eigenvalue weighted by molar-refractivity contribution is 0.0498. The fourth-order valence-corrected chi connectivity index (χ4v) is 2.30. The predicted molar refractivity (Wildman–Crippen MR) is 75.7 cm³/mol. The summed E-state index contributed by atoms with van der Waals surface area (Å²) < 4.78 is 1.81. The van der Waals surface area contributed by atoms with Gasteiger partial charge in [-0.1, -0.05) is 11.3 Å². The second-order valence-electron chi connectivity index (χ2n) is 5.19. The van der Waals surface area contributed by atoms with Crippen molar-refractivity contribution in [3.8, 4) is 0 Å². The summed E-state index contributed by atoms with van der Waals surface area (Å²) in [6.07, 6.45) is 3.49. The normalized spacial score (nSPS) is 15.0. The number of rotatable bonds is 3. The Hall–Kier alpha value is -2.37. The molecule has 1 aromatic heterocycles. The largest absolute Gasteiger partial charge is 0.378 e. The number of hydrogen-bond donors (Lipinski definition) is 0. The average molecular weight is 271 g/mol. The highest BCUT2D eigenvalue weighted by Crippen LogP contribution is 2.23. The van der Waals surface area contributed by atoms with Crippen molar-refractivity contribution < 1.29 is 4.79 Å². The van der Waals surface area contributed by atoms with Crippen molar-refractivity contribution >= 4 is 11.6 Å². The summed E-state index contributed by atoms with van der Waals surface area (Å²) >= 11 is 0. The van der Waals surface area contributed by atoms with Crippen LogP contribution in [0, 0.1) is 0 Å². The van der Waals surface area contributed by atoms with Crippen LogP contribution in [-0.4, -0.2) is 53.0 Å². The first-order valence-electron chi connectivity index (χ1n) is 6.57. The first-order chi connectivity index (χ1) is 9.65. The van der Waals surface area contributed by atoms with E-state index in [4.69, 9.17) is 0 Å². The third-order valence-electron chi connectivity index (χ3n) is 3.57. The highest BCUT2D eigenvalue weighted by molar-refractivity contribution is 5.95. The Morgan fingerprint density at radius 3 is 2.80 bits per heavy atom. The molecule has 6 nitrogen and oxygen atoms in total. The van der Waals surface area contributed by atoms with Gasteiger partial charge in [0.05, 0.1) is 12.2 Å². The SMILES string of the molecule is CN(C)c1cccc(C(=O)N2CC(n3ccnn3)C2)c1. The lowest BCUT2D eigenvalue weighted by Gasteiger charge is -2.38. The number of benzene rings is 1. The van der Waals surface area contributed by atoms with E-state index in [-0.39, 0.29) is 11.9 Å². The topological polar surface area (TPSA) is 54.3 Å². The number of carbonyl (C=O) groups is 1. The summed E-state index contributed by atoms with van der Waals surface area (Å²) in [5.41, 5.74) is 1.76. The van der Waals surface area contributed by atoms with Crippen molar-refractivity contribution in [2.45, 2.75) is 6.04 Å². The number of anilines is 1. The molecule has 104 valence electrons. The first-order valence-corrected chi connectivity index (χ1v) is 6.57. The molecule has 6 heteroatoms. The molecule has 0 spiro atoms. The van der Waals surface area contributed by atoms with Crippen molar-refractivity contribution in [1.82, 2.24) is 19.9 Å². The fourth-order valence-electron chi connectivity index (χ4n) is 2.30. The molecule has 3 rings (SSSR count). The van der Waals surface area contributed by atoms with Crippen LogP contribution in [0.4, 0.5) is 5.69 Å². The standard InChI is InChI=1S/C14H17N5O/c1-17(2)12-5-3-4-11(8-12)14(20)18-9-13(10-18)19-7-6-15-16-19/h3-8,13H,9-10H2,1-2H3. The van der Waals surface area contributed by atoms with Gasteiger partial charge in [-0.3, -0.25) is 4.79 Å². The van der Waals surface area contributed by atoms with Crippen molar-refractivity contribution in [3.63, 3.8) is 0 Å². The molecule has 1 aliphatic rings. The molecule has 0 bridgehead atoms. The minimum Gasteiger partial charge on any atom is -0.378 e. The minimum absolute atomic E-state index is 0.0741. The maximum atomic E-state index is 12.4. The zero-order chi connectivity index (χ0) is 14.1. The molecule has 0 N–H and O–H groups in total. The number of carbonyl (C=O) groups excluding carboxylic acids is 1. The van der Waals surface area contributed by atoms with Gasteiger partial charge in [0.25, 0.3) is 5.91 Å². The Balaban J connectivity index is 1.67. The average Bonchev–Trinajstić information content (AvgIpc) is 2.91. The zero-order valence-electron chi connectivity index (χ0n) is 11.6. The van der Waals surface area contributed by atoms with Gasteiger partial charge in [-0.15, -0.1) is 5.10 Å². The van der Waals surface area contributed by atoms with Crippen LogP contribution in [0.25, 0.3) is 0 Å². The van der Waals surface area contributed by atoms with E-state index >= 15 is 0 Å². The van der Waals surface area contributed by atoms with E-state index in [0.717, 1.165) is 11.3 Å². The lowest BCUT2D eigenvalue weighted by Crippen LogP contribution is -2.50. The van der Waals surface area contributed by atoms with Crippen LogP contribution < -0.4 is 4.90 Å². The molecule has 1 aromatic carbocycles. The van der Waals surface area contributed by atoms with Crippen LogP contribution in [-0.2, 0) is 0 Å². The molecule has 1 fully saturated rings. The number of hydrogen-bond acceptors (Lipinski definition) is 4. The minimum atomic E-state index is 0.0741. The van der Waals surface area contributed by atoms with E-state index < -0.39 is 0 Å². The van der Waals surface area contributed by atoms with Gasteiger partial charge in [0.15, 0.2) is 0 Å². The Bertz CT molecular complexity index is 602. The lowest BCUT2D eigenvalue weighted by atomic mass is 10.1. The third kappa shape index (κ3) is 2.24. The van der Waals surface area contributed by atoms with Crippen molar-refractivity contribution in [3.05, 3.63) is 42.2 Å². The number of aromatic nitrogens is 3. The Morgan fingerprint density at radius 1 is 1.35 bits per heavy atom. The van der Waals surface area contributed by atoms with Gasteiger partial charge in [-0.25, -0.2) is 4.68 Å². The number of amides is 1. The molecule has 1 aliphatic heterocycles. The Morgan fingerprint density at radius 2 is 2.15 bits per heavy atom. The molecular weight excluding hydrogens is 254 g/mol. The molecule has 1 amide bonds. The molecule has 0 unspecified atom stereocenters. The number of likely N-dealkylation sites (tertiary alicyclic amines) is 1. The van der Waals surface area contributed by atoms with E-state index in [1.807, 2.05) is 54.4 Å². The van der Waals surface area contributed by atoms with Crippen molar-refractivity contribution in [2.75, 3.05) is 32.1 Å². The van der Waals surface area contributed by atoms with Gasteiger partial charge in [-0.2, -0.15) is 0 Å². The van der Waals surface area contributed by atoms with Gasteiger partial charge in [0.1, 0.15) is 0 Å². The maximum Gasteiger partial charge on any atom is 0.254 e. The smallest absolute Gasteiger partial charge is 0.254 e. The maximum absolute atomic E-state index is 12.4. The van der Waals surface area contributed by atoms with E-state index in [1.165, 1.54) is 0 Å². The van der Waals surface area contributed by atoms with Gasteiger partial charge in [-0.05, 0) is 18.2 Å². The third-order valence-corrected chi connectivity index (χ3v) is 3.57. The monoisotopic (exact) mass is 271 g/mol. The van der Waals surface area contributed by atoms with E-state index in [1.54, 1.807) is 10.9 Å². The predicted octanol–water partition coefficient (Wildman–Crippen LogP) is 1.04. The van der Waals surface area contributed by atoms with Crippen LogP contribution in [0.2, 0.25) is 0 Å². The molecule has 2 aromatic rings. The van der Waals surface area contributed by atoms with Crippen LogP contribution in [0.1, 0.15) is 16.4 Å². The quantitative estimate of drug-likeness (QED) is 0.837. The second-order valence-corrected chi connectivity index (χ2v) is 5.19. The van der Waals surface area contributed by atoms with E-state index in [0.29, 0.717) is 13.1 Å². The van der Waals surface area contributed by atoms with Crippen LogP contribution in [0.15, 0.2) is 36.7 Å². The molecule has 0 aliphatic carbocycles. The second kappa shape index (κ2) is 4.96. The molecule has 0 saturated carbocycles. The summed E-state index contributed by atoms with van der Waals surface area (Å²) in [4.78, 5) is 16.2. The van der Waals surface area contributed by atoms with E-state index in [9.17, 15) is 4.79 Å². The zero-order valence-corrected chi connectivity index (χ0v) is 11.6. The van der Waals surface area contributed by atoms with Gasteiger partial charge >= 0.3 is 0 Å². The summed E-state index contributed by atoms with van der Waals surface area (Å²) in [6, 6.07) is 7.93. The highest BCUT2D eigenvalue weighted by Gasteiger charge is 2.32. The molecule has 2 heterocycles. The fraction of sp³-hybridized carbons (Fsp3) is 0.357. The van der Waals surface area contributed by atoms with Crippen LogP contribution in [0.5, 0.6) is 0 Å². The summed E-state index contributed by atoms with van der Waals surface area (Å²) in [7, 11) is 3.93.